The van der Waals surface area contributed by atoms with Gasteiger partial charge in [0.2, 0.25) is 17.7 Å². The number of hydrogen-bond acceptors (Lipinski definition) is 11. The van der Waals surface area contributed by atoms with Gasteiger partial charge in [0.05, 0.1) is 17.8 Å². The first-order valence-electron chi connectivity index (χ1n) is 19.3. The molecule has 0 fully saturated rings. The molecule has 3 atom stereocenters. The Labute approximate surface area is 357 Å². The third-order valence-electron chi connectivity index (χ3n) is 9.51. The maximum Gasteiger partial charge on any atom is 0.490 e. The number of rotatable bonds is 18. The van der Waals surface area contributed by atoms with Gasteiger partial charge in [0.15, 0.2) is 0 Å². The maximum atomic E-state index is 15.1. The van der Waals surface area contributed by atoms with E-state index < -0.39 is 96.0 Å². The number of nitrogens with zero attached hydrogens (tertiary/aromatic N) is 5. The first kappa shape index (κ1) is 51.0. The van der Waals surface area contributed by atoms with Crippen LogP contribution in [0.2, 0.25) is 0 Å². The van der Waals surface area contributed by atoms with Crippen molar-refractivity contribution in [3.8, 4) is 11.3 Å². The third-order valence-corrected chi connectivity index (χ3v) is 9.51. The van der Waals surface area contributed by atoms with Crippen LogP contribution in [0.25, 0.3) is 11.3 Å². The van der Waals surface area contributed by atoms with E-state index in [-0.39, 0.29) is 56.0 Å². The molecule has 3 aromatic rings. The summed E-state index contributed by atoms with van der Waals surface area (Å²) in [5, 5.41) is 27.4. The molecule has 1 aliphatic rings. The van der Waals surface area contributed by atoms with Crippen molar-refractivity contribution in [1.82, 2.24) is 24.3 Å². The lowest BCUT2D eigenvalue weighted by atomic mass is 9.84. The number of carbonyl (C=O) groups is 7. The fourth-order valence-electron chi connectivity index (χ4n) is 6.54. The van der Waals surface area contributed by atoms with Crippen molar-refractivity contribution in [2.24, 2.45) is 16.9 Å². The second kappa shape index (κ2) is 22.1. The largest absolute Gasteiger partial charge is 0.490 e. The molecule has 0 radical (unpaired) electrons. The van der Waals surface area contributed by atoms with Gasteiger partial charge in [-0.3, -0.25) is 33.8 Å². The van der Waals surface area contributed by atoms with E-state index in [1.165, 1.54) is 11.1 Å². The number of aliphatic hydroxyl groups excluding tert-OH is 1. The van der Waals surface area contributed by atoms with Crippen LogP contribution in [0.3, 0.4) is 0 Å². The molecule has 0 saturated heterocycles. The summed E-state index contributed by atoms with van der Waals surface area (Å²) in [4.78, 5) is 94.1. The van der Waals surface area contributed by atoms with Gasteiger partial charge in [-0.25, -0.2) is 23.4 Å². The minimum atomic E-state index is -5.08. The summed E-state index contributed by atoms with van der Waals surface area (Å²) >= 11 is 0. The highest BCUT2D eigenvalue weighted by molar-refractivity contribution is 6.15. The molecule has 2 aromatic carbocycles. The minimum Gasteiger partial charge on any atom is -0.480 e. The summed E-state index contributed by atoms with van der Waals surface area (Å²) in [6, 6.07) is 7.79. The Morgan fingerprint density at radius 2 is 1.49 bits per heavy atom. The number of amides is 5. The number of hydrogen-bond donors (Lipinski definition) is 5. The molecule has 2 heterocycles. The molecule has 7 N–H and O–H groups in total. The highest BCUT2D eigenvalue weighted by atomic mass is 19.4. The molecular formula is C41H48F5N7O10. The Kier molecular flexibility index (Phi) is 17.9. The van der Waals surface area contributed by atoms with E-state index in [0.29, 0.717) is 16.2 Å². The molecule has 22 heteroatoms. The molecule has 5 amide bonds. The van der Waals surface area contributed by atoms with E-state index in [0.717, 1.165) is 35.9 Å². The highest BCUT2D eigenvalue weighted by Crippen LogP contribution is 2.39. The number of aliphatic hydroxyl groups is 1. The van der Waals surface area contributed by atoms with Gasteiger partial charge in [-0.1, -0.05) is 51.1 Å². The molecule has 1 aliphatic heterocycles. The van der Waals surface area contributed by atoms with Gasteiger partial charge >= 0.3 is 18.1 Å². The second-order valence-corrected chi connectivity index (χ2v) is 15.3. The first-order chi connectivity index (χ1) is 29.4. The number of alkyl halides is 3. The van der Waals surface area contributed by atoms with Gasteiger partial charge in [-0.15, -0.1) is 0 Å². The van der Waals surface area contributed by atoms with E-state index in [2.05, 4.69) is 0 Å². The van der Waals surface area contributed by atoms with Crippen LogP contribution >= 0.6 is 0 Å². The number of unbranched alkanes of at least 4 members (excludes halogenated alkanes) is 1. The minimum absolute atomic E-state index is 0.0686. The number of carboxylic acids is 2. The van der Waals surface area contributed by atoms with Crippen molar-refractivity contribution >= 4 is 41.5 Å². The molecule has 0 spiro atoms. The lowest BCUT2D eigenvalue weighted by molar-refractivity contribution is -0.192. The number of carboxylic acid groups (broad SMARTS) is 2. The van der Waals surface area contributed by atoms with Gasteiger partial charge in [0.25, 0.3) is 11.8 Å². The molecule has 1 aromatic heterocycles. The van der Waals surface area contributed by atoms with E-state index in [9.17, 15) is 56.5 Å². The van der Waals surface area contributed by atoms with Crippen molar-refractivity contribution in [2.45, 2.75) is 77.3 Å². The van der Waals surface area contributed by atoms with Crippen molar-refractivity contribution in [2.75, 3.05) is 26.2 Å². The number of aliphatic carboxylic acids is 2. The zero-order valence-electron chi connectivity index (χ0n) is 34.4. The molecule has 17 nitrogen and oxygen atoms in total. The SMILES string of the molecule is CC(C)(C)[C@H](c1nc(-c2cc(F)ccc2F)cn1Cc1ccccc1)N(CC[C@H](N)C(=O)N(C(=O)CN1C(=O)C=CC1=O)[C@@H](CCCCN)C(=O)O)C(=O)CO.O=C(O)C(F)(F)F. The number of imide groups is 2. The normalized spacial score (nSPS) is 14.1. The van der Waals surface area contributed by atoms with Gasteiger partial charge in [0, 0.05) is 37.0 Å². The predicted octanol–water partition coefficient (Wildman–Crippen LogP) is 3.00. The number of imidazole rings is 1. The average molecular weight is 894 g/mol. The van der Waals surface area contributed by atoms with Gasteiger partial charge in [0.1, 0.15) is 36.7 Å². The summed E-state index contributed by atoms with van der Waals surface area (Å²) in [6.45, 7) is 3.56. The van der Waals surface area contributed by atoms with Gasteiger partial charge in [-0.05, 0) is 61.4 Å². The topological polar surface area (TPSA) is 260 Å². The van der Waals surface area contributed by atoms with Crippen LogP contribution < -0.4 is 11.5 Å². The standard InChI is InChI=1S/C39H47F2N7O8.C2HF3O2/c1-39(2,3)35(36-44-29(26-19-25(40)12-13-27(26)41)21-45(36)20-24-9-5-4-6-10-24)46(34(53)23-49)18-16-28(43)37(54)48(30(38(55)56)11-7-8-17-42)33(52)22-47-31(50)14-15-32(47)51;3-2(4,5)1(6)7/h4-6,9-10,12-15,19,21,28,30,35,49H,7-8,11,16-18,20,22-23,42-43H2,1-3H3,(H,55,56);(H,6,7)/t28-,30-,35-;/m0./s1. The van der Waals surface area contributed by atoms with Crippen LogP contribution in [0.15, 0.2) is 66.9 Å². The number of halogens is 5. The molecule has 0 bridgehead atoms. The van der Waals surface area contributed by atoms with Crippen molar-refractivity contribution in [3.63, 3.8) is 0 Å². The molecule has 0 aliphatic carbocycles. The average Bonchev–Trinajstić information content (AvgIpc) is 3.76. The monoisotopic (exact) mass is 893 g/mol. The van der Waals surface area contributed by atoms with Crippen LogP contribution in [0.1, 0.15) is 63.9 Å². The summed E-state index contributed by atoms with van der Waals surface area (Å²) < 4.78 is 62.9. The van der Waals surface area contributed by atoms with Crippen LogP contribution in [-0.2, 0) is 40.1 Å². The van der Waals surface area contributed by atoms with E-state index >= 15 is 4.39 Å². The smallest absolute Gasteiger partial charge is 0.480 e. The summed E-state index contributed by atoms with van der Waals surface area (Å²) in [5.74, 6) is -10.2. The van der Waals surface area contributed by atoms with E-state index in [1.807, 2.05) is 30.3 Å². The Hall–Kier alpha value is -6.39. The number of aromatic nitrogens is 2. The molecule has 63 heavy (non-hydrogen) atoms. The van der Waals surface area contributed by atoms with Crippen LogP contribution in [0, 0.1) is 17.0 Å². The van der Waals surface area contributed by atoms with E-state index in [1.54, 1.807) is 25.3 Å². The lowest BCUT2D eigenvalue weighted by Gasteiger charge is -2.40. The van der Waals surface area contributed by atoms with Crippen molar-refractivity contribution in [3.05, 3.63) is 89.9 Å². The Bertz CT molecular complexity index is 2160. The van der Waals surface area contributed by atoms with Crippen LogP contribution in [-0.4, -0.2) is 126 Å². The second-order valence-electron chi connectivity index (χ2n) is 15.3. The molecule has 4 rings (SSSR count). The Morgan fingerprint density at radius 3 is 2.02 bits per heavy atom. The quantitative estimate of drug-likeness (QED) is 0.0700. The first-order valence-corrected chi connectivity index (χ1v) is 19.3. The fourth-order valence-corrected chi connectivity index (χ4v) is 6.54. The number of benzene rings is 2. The summed E-state index contributed by atoms with van der Waals surface area (Å²) in [5.41, 5.74) is 11.8. The number of nitrogens with two attached hydrogens (primary N) is 2. The fraction of sp³-hybridized carbons (Fsp3) is 0.415. The Morgan fingerprint density at radius 1 is 0.889 bits per heavy atom. The Balaban J connectivity index is 0.00000139. The van der Waals surface area contributed by atoms with Gasteiger partial charge < -0.3 is 36.3 Å². The molecule has 342 valence electrons. The van der Waals surface area contributed by atoms with Crippen LogP contribution in [0.5, 0.6) is 0 Å². The molecule has 0 unspecified atom stereocenters. The number of carbonyl (C=O) groups excluding carboxylic acids is 5. The molecular weight excluding hydrogens is 845 g/mol. The third kappa shape index (κ3) is 13.8. The van der Waals surface area contributed by atoms with Crippen molar-refractivity contribution in [1.29, 1.82) is 0 Å². The van der Waals surface area contributed by atoms with Crippen molar-refractivity contribution < 1.29 is 70.8 Å². The van der Waals surface area contributed by atoms with Gasteiger partial charge in [-0.2, -0.15) is 13.2 Å². The summed E-state index contributed by atoms with van der Waals surface area (Å²) in [6.07, 6.45) is -1.65. The maximum absolute atomic E-state index is 15.1. The zero-order chi connectivity index (χ0) is 47.4. The highest BCUT2D eigenvalue weighted by Gasteiger charge is 2.42. The summed E-state index contributed by atoms with van der Waals surface area (Å²) in [7, 11) is 0. The predicted molar refractivity (Wildman–Crippen MR) is 212 cm³/mol. The van der Waals surface area contributed by atoms with Crippen LogP contribution in [0.4, 0.5) is 22.0 Å². The van der Waals surface area contributed by atoms with E-state index in [4.69, 9.17) is 26.4 Å². The zero-order valence-corrected chi connectivity index (χ0v) is 34.4. The lowest BCUT2D eigenvalue weighted by Crippen LogP contribution is -2.57. The molecule has 0 saturated carbocycles.